The van der Waals surface area contributed by atoms with Crippen LogP contribution in [0.1, 0.15) is 58.1 Å². The van der Waals surface area contributed by atoms with Crippen LogP contribution in [0, 0.1) is 0 Å². The van der Waals surface area contributed by atoms with Gasteiger partial charge in [0.25, 0.3) is 0 Å². The molecule has 0 aliphatic heterocycles. The number of rotatable bonds is 8. The lowest BCUT2D eigenvalue weighted by molar-refractivity contribution is -0.154. The Morgan fingerprint density at radius 1 is 1.09 bits per heavy atom. The average molecular weight is 471 g/mol. The van der Waals surface area contributed by atoms with Crippen LogP contribution in [0.25, 0.3) is 22.6 Å². The third-order valence-corrected chi connectivity index (χ3v) is 5.76. The number of fused-ring (bicyclic) bond motifs is 1. The van der Waals surface area contributed by atoms with Crippen LogP contribution in [0.3, 0.4) is 0 Å². The van der Waals surface area contributed by atoms with E-state index in [-0.39, 0.29) is 5.97 Å². The Morgan fingerprint density at radius 2 is 1.83 bits per heavy atom. The maximum absolute atomic E-state index is 11.9. The van der Waals surface area contributed by atoms with Crippen LogP contribution in [-0.2, 0) is 16.0 Å². The van der Waals surface area contributed by atoms with Gasteiger partial charge < -0.3 is 14.6 Å². The van der Waals surface area contributed by atoms with Gasteiger partial charge in [0.1, 0.15) is 16.9 Å². The van der Waals surface area contributed by atoms with Crippen molar-refractivity contribution in [3.05, 3.63) is 60.6 Å². The first-order valence-corrected chi connectivity index (χ1v) is 12.1. The summed E-state index contributed by atoms with van der Waals surface area (Å²) >= 11 is 0. The van der Waals surface area contributed by atoms with E-state index < -0.39 is 5.60 Å². The van der Waals surface area contributed by atoms with Gasteiger partial charge in [-0.1, -0.05) is 12.1 Å². The number of aromatic nitrogens is 5. The van der Waals surface area contributed by atoms with Gasteiger partial charge in [0, 0.05) is 36.1 Å². The Hall–Kier alpha value is -3.81. The van der Waals surface area contributed by atoms with Gasteiger partial charge in [0.2, 0.25) is 5.95 Å². The van der Waals surface area contributed by atoms with Crippen molar-refractivity contribution in [3.8, 4) is 11.4 Å². The van der Waals surface area contributed by atoms with Gasteiger partial charge >= 0.3 is 5.97 Å². The molecule has 0 unspecified atom stereocenters. The van der Waals surface area contributed by atoms with E-state index in [1.807, 2.05) is 45.0 Å². The summed E-state index contributed by atoms with van der Waals surface area (Å²) in [5.74, 6) is 1.30. The zero-order chi connectivity index (χ0) is 24.4. The van der Waals surface area contributed by atoms with Crippen LogP contribution in [0.4, 0.5) is 11.6 Å². The van der Waals surface area contributed by atoms with Crippen molar-refractivity contribution in [2.45, 2.75) is 64.5 Å². The summed E-state index contributed by atoms with van der Waals surface area (Å²) in [5.41, 5.74) is 4.30. The SMILES string of the molecule is CC(C)(C)OC(=O)CCCc1ccc(Nc2ncc3nc(-c4ccncc4)n(C4CC4)c3n2)cc1. The minimum absolute atomic E-state index is 0.152. The molecule has 1 aliphatic carbocycles. The summed E-state index contributed by atoms with van der Waals surface area (Å²) in [4.78, 5) is 30.1. The third-order valence-electron chi connectivity index (χ3n) is 5.76. The molecule has 0 amide bonds. The molecule has 1 saturated carbocycles. The largest absolute Gasteiger partial charge is 0.460 e. The summed E-state index contributed by atoms with van der Waals surface area (Å²) < 4.78 is 7.60. The van der Waals surface area contributed by atoms with Crippen LogP contribution >= 0.6 is 0 Å². The molecule has 0 saturated heterocycles. The molecule has 5 rings (SSSR count). The van der Waals surface area contributed by atoms with Crippen molar-refractivity contribution in [1.29, 1.82) is 0 Å². The summed E-state index contributed by atoms with van der Waals surface area (Å²) in [7, 11) is 0. The minimum Gasteiger partial charge on any atom is -0.460 e. The van der Waals surface area contributed by atoms with E-state index in [0.717, 1.165) is 53.9 Å². The van der Waals surface area contributed by atoms with Crippen LogP contribution < -0.4 is 5.32 Å². The van der Waals surface area contributed by atoms with Gasteiger partial charge in [-0.15, -0.1) is 0 Å². The smallest absolute Gasteiger partial charge is 0.306 e. The second-order valence-electron chi connectivity index (χ2n) is 9.94. The number of hydrogen-bond donors (Lipinski definition) is 1. The number of nitrogens with zero attached hydrogens (tertiary/aromatic N) is 5. The molecule has 0 bridgehead atoms. The number of imidazole rings is 1. The normalized spacial score (nSPS) is 13.7. The molecule has 180 valence electrons. The third kappa shape index (κ3) is 5.65. The van der Waals surface area contributed by atoms with Gasteiger partial charge in [-0.2, -0.15) is 4.98 Å². The summed E-state index contributed by atoms with van der Waals surface area (Å²) in [6, 6.07) is 12.5. The first kappa shape index (κ1) is 23.0. The highest BCUT2D eigenvalue weighted by Crippen LogP contribution is 2.40. The number of pyridine rings is 1. The predicted molar refractivity (Wildman–Crippen MR) is 135 cm³/mol. The van der Waals surface area contributed by atoms with E-state index in [1.165, 1.54) is 5.56 Å². The van der Waals surface area contributed by atoms with Gasteiger partial charge in [-0.3, -0.25) is 9.78 Å². The summed E-state index contributed by atoms with van der Waals surface area (Å²) in [6.45, 7) is 5.66. The second kappa shape index (κ2) is 9.44. The van der Waals surface area contributed by atoms with Crippen molar-refractivity contribution in [1.82, 2.24) is 24.5 Å². The molecule has 1 aliphatic rings. The molecule has 35 heavy (non-hydrogen) atoms. The Morgan fingerprint density at radius 3 is 2.51 bits per heavy atom. The lowest BCUT2D eigenvalue weighted by atomic mass is 10.1. The Kier molecular flexibility index (Phi) is 6.19. The summed E-state index contributed by atoms with van der Waals surface area (Å²) in [6.07, 6.45) is 9.60. The molecule has 8 heteroatoms. The minimum atomic E-state index is -0.438. The van der Waals surface area contributed by atoms with E-state index in [1.54, 1.807) is 18.6 Å². The fourth-order valence-corrected chi connectivity index (χ4v) is 4.05. The molecule has 0 radical (unpaired) electrons. The lowest BCUT2D eigenvalue weighted by Crippen LogP contribution is -2.23. The van der Waals surface area contributed by atoms with E-state index in [4.69, 9.17) is 14.7 Å². The fraction of sp³-hybridized carbons (Fsp3) is 0.370. The average Bonchev–Trinajstić information content (AvgIpc) is 3.59. The molecule has 1 N–H and O–H groups in total. The molecule has 3 aromatic heterocycles. The second-order valence-corrected chi connectivity index (χ2v) is 9.94. The predicted octanol–water partition coefficient (Wildman–Crippen LogP) is 5.63. The van der Waals surface area contributed by atoms with Gasteiger partial charge in [-0.05, 0) is 76.3 Å². The zero-order valence-electron chi connectivity index (χ0n) is 20.4. The molecule has 3 heterocycles. The van der Waals surface area contributed by atoms with Crippen molar-refractivity contribution in [2.75, 3.05) is 5.32 Å². The van der Waals surface area contributed by atoms with Crippen molar-refractivity contribution >= 4 is 28.8 Å². The van der Waals surface area contributed by atoms with E-state index in [9.17, 15) is 4.79 Å². The van der Waals surface area contributed by atoms with Crippen LogP contribution in [0.15, 0.2) is 55.0 Å². The Labute approximate surface area is 204 Å². The lowest BCUT2D eigenvalue weighted by Gasteiger charge is -2.19. The molecule has 1 aromatic carbocycles. The number of carbonyl (C=O) groups excluding carboxylic acids is 1. The van der Waals surface area contributed by atoms with E-state index >= 15 is 0 Å². The van der Waals surface area contributed by atoms with Gasteiger partial charge in [0.15, 0.2) is 5.65 Å². The van der Waals surface area contributed by atoms with Crippen molar-refractivity contribution in [2.24, 2.45) is 0 Å². The molecule has 4 aromatic rings. The number of anilines is 2. The molecular formula is C27H30N6O2. The van der Waals surface area contributed by atoms with Crippen molar-refractivity contribution < 1.29 is 9.53 Å². The maximum Gasteiger partial charge on any atom is 0.306 e. The molecule has 0 spiro atoms. The highest BCUT2D eigenvalue weighted by atomic mass is 16.6. The van der Waals surface area contributed by atoms with Crippen LogP contribution in [0.2, 0.25) is 0 Å². The standard InChI is InChI=1S/C27H30N6O2/c1-27(2,3)35-23(34)6-4-5-18-7-9-20(10-8-18)30-26-29-17-22-25(32-26)33(21-11-12-21)24(31-22)19-13-15-28-16-14-19/h7-10,13-17,21H,4-6,11-12H2,1-3H3,(H,29,30,32). The highest BCUT2D eigenvalue weighted by molar-refractivity contribution is 5.78. The molecular weight excluding hydrogens is 440 g/mol. The van der Waals surface area contributed by atoms with Crippen molar-refractivity contribution in [3.63, 3.8) is 0 Å². The van der Waals surface area contributed by atoms with E-state index in [0.29, 0.717) is 18.4 Å². The van der Waals surface area contributed by atoms with Gasteiger partial charge in [0.05, 0.1) is 6.20 Å². The van der Waals surface area contributed by atoms with Gasteiger partial charge in [-0.25, -0.2) is 9.97 Å². The quantitative estimate of drug-likeness (QED) is 0.333. The van der Waals surface area contributed by atoms with Crippen LogP contribution in [0.5, 0.6) is 0 Å². The zero-order valence-corrected chi connectivity index (χ0v) is 20.4. The van der Waals surface area contributed by atoms with Crippen LogP contribution in [-0.4, -0.2) is 36.1 Å². The highest BCUT2D eigenvalue weighted by Gasteiger charge is 2.29. The van der Waals surface area contributed by atoms with E-state index in [2.05, 4.69) is 32.0 Å². The number of esters is 1. The number of carbonyl (C=O) groups is 1. The Balaban J connectivity index is 1.27. The number of nitrogens with one attached hydrogen (secondary N) is 1. The first-order valence-electron chi connectivity index (χ1n) is 12.1. The number of benzene rings is 1. The number of hydrogen-bond acceptors (Lipinski definition) is 7. The number of ether oxygens (including phenoxy) is 1. The molecule has 1 fully saturated rings. The monoisotopic (exact) mass is 470 g/mol. The topological polar surface area (TPSA) is 94.8 Å². The summed E-state index contributed by atoms with van der Waals surface area (Å²) in [5, 5.41) is 3.31. The maximum atomic E-state index is 11.9. The fourth-order valence-electron chi connectivity index (χ4n) is 4.05. The molecule has 0 atom stereocenters. The molecule has 8 nitrogen and oxygen atoms in total. The number of aryl methyl sites for hydroxylation is 1. The Bertz CT molecular complexity index is 1320. The first-order chi connectivity index (χ1) is 16.9.